The van der Waals surface area contributed by atoms with E-state index in [9.17, 15) is 0 Å². The average Bonchev–Trinajstić information content (AvgIpc) is 2.38. The van der Waals surface area contributed by atoms with Crippen LogP contribution in [0.3, 0.4) is 0 Å². The molecule has 0 aliphatic rings. The summed E-state index contributed by atoms with van der Waals surface area (Å²) in [5.74, 6) is 0.508. The number of nitrogens with two attached hydrogens (primary N) is 1. The Balaban J connectivity index is 2.14. The smallest absolute Gasteiger partial charge is 0.150 e. The second kappa shape index (κ2) is 5.39. The van der Waals surface area contributed by atoms with Crippen molar-refractivity contribution < 1.29 is 0 Å². The zero-order valence-electron chi connectivity index (χ0n) is 9.52. The van der Waals surface area contributed by atoms with Crippen LogP contribution in [0.15, 0.2) is 36.5 Å². The van der Waals surface area contributed by atoms with Gasteiger partial charge in [-0.05, 0) is 23.8 Å². The summed E-state index contributed by atoms with van der Waals surface area (Å²) in [5.41, 5.74) is 7.61. The first-order valence-corrected chi connectivity index (χ1v) is 5.71. The second-order valence-corrected chi connectivity index (χ2v) is 4.15. The van der Waals surface area contributed by atoms with Gasteiger partial charge in [-0.25, -0.2) is 4.98 Å². The van der Waals surface area contributed by atoms with E-state index in [-0.39, 0.29) is 0 Å². The van der Waals surface area contributed by atoms with Crippen molar-refractivity contribution in [3.8, 4) is 6.07 Å². The number of halogens is 1. The number of hydrogen-bond donors (Lipinski definition) is 2. The van der Waals surface area contributed by atoms with Crippen LogP contribution in [0.2, 0.25) is 5.02 Å². The van der Waals surface area contributed by atoms with E-state index < -0.39 is 0 Å². The van der Waals surface area contributed by atoms with E-state index in [1.807, 2.05) is 30.3 Å². The standard InChI is InChI=1S/C13H11ClN4/c14-11-3-1-2-9(6-11)8-18-13-12(16)10(7-15)4-5-17-13/h1-6H,8,16H2,(H,17,18). The largest absolute Gasteiger partial charge is 0.395 e. The minimum atomic E-state index is 0.363. The van der Waals surface area contributed by atoms with Crippen LogP contribution in [0.1, 0.15) is 11.1 Å². The van der Waals surface area contributed by atoms with E-state index in [0.717, 1.165) is 5.56 Å². The number of hydrogen-bond acceptors (Lipinski definition) is 4. The number of benzene rings is 1. The van der Waals surface area contributed by atoms with Crippen molar-refractivity contribution in [1.29, 1.82) is 5.26 Å². The molecule has 0 aliphatic carbocycles. The normalized spacial score (nSPS) is 9.78. The van der Waals surface area contributed by atoms with Crippen LogP contribution in [-0.4, -0.2) is 4.98 Å². The maximum absolute atomic E-state index is 8.86. The third-order valence-corrected chi connectivity index (χ3v) is 2.69. The molecule has 1 heterocycles. The number of nitrogens with one attached hydrogen (secondary N) is 1. The van der Waals surface area contributed by atoms with Crippen molar-refractivity contribution >= 4 is 23.1 Å². The molecule has 0 atom stereocenters. The quantitative estimate of drug-likeness (QED) is 0.888. The molecule has 1 aromatic heterocycles. The average molecular weight is 259 g/mol. The van der Waals surface area contributed by atoms with Gasteiger partial charge in [-0.3, -0.25) is 0 Å². The topological polar surface area (TPSA) is 74.7 Å². The van der Waals surface area contributed by atoms with Gasteiger partial charge in [-0.1, -0.05) is 23.7 Å². The number of anilines is 2. The molecule has 3 N–H and O–H groups in total. The van der Waals surface area contributed by atoms with Crippen LogP contribution in [0.5, 0.6) is 0 Å². The summed E-state index contributed by atoms with van der Waals surface area (Å²) in [5, 5.41) is 12.6. The molecule has 18 heavy (non-hydrogen) atoms. The highest BCUT2D eigenvalue weighted by Crippen LogP contribution is 2.20. The van der Waals surface area contributed by atoms with Crippen LogP contribution in [0.4, 0.5) is 11.5 Å². The first-order valence-electron chi connectivity index (χ1n) is 5.33. The molecule has 0 unspecified atom stereocenters. The lowest BCUT2D eigenvalue weighted by atomic mass is 10.2. The van der Waals surface area contributed by atoms with Gasteiger partial charge in [0.25, 0.3) is 0 Å². The molecule has 0 saturated carbocycles. The maximum Gasteiger partial charge on any atom is 0.150 e. The molecule has 0 bridgehead atoms. The van der Waals surface area contributed by atoms with E-state index >= 15 is 0 Å². The summed E-state index contributed by atoms with van der Waals surface area (Å²) in [7, 11) is 0. The first-order chi connectivity index (χ1) is 8.70. The molecule has 0 amide bonds. The Kier molecular flexibility index (Phi) is 3.66. The summed E-state index contributed by atoms with van der Waals surface area (Å²) in [6, 6.07) is 11.1. The Hall–Kier alpha value is -2.25. The minimum Gasteiger partial charge on any atom is -0.395 e. The van der Waals surface area contributed by atoms with Crippen molar-refractivity contribution in [3.63, 3.8) is 0 Å². The molecule has 1 aromatic carbocycles. The Morgan fingerprint density at radius 1 is 1.39 bits per heavy atom. The summed E-state index contributed by atoms with van der Waals surface area (Å²) < 4.78 is 0. The minimum absolute atomic E-state index is 0.363. The molecule has 0 saturated heterocycles. The van der Waals surface area contributed by atoms with Gasteiger partial charge in [0.15, 0.2) is 5.82 Å². The molecule has 0 spiro atoms. The molecule has 4 nitrogen and oxygen atoms in total. The molecular formula is C13H11ClN4. The Morgan fingerprint density at radius 3 is 2.94 bits per heavy atom. The van der Waals surface area contributed by atoms with Gasteiger partial charge in [0.1, 0.15) is 6.07 Å². The molecule has 0 aliphatic heterocycles. The predicted molar refractivity (Wildman–Crippen MR) is 72.1 cm³/mol. The lowest BCUT2D eigenvalue weighted by Gasteiger charge is -2.09. The number of nitrogens with zero attached hydrogens (tertiary/aromatic N) is 2. The van der Waals surface area contributed by atoms with Crippen LogP contribution >= 0.6 is 11.6 Å². The van der Waals surface area contributed by atoms with Crippen LogP contribution < -0.4 is 11.1 Å². The van der Waals surface area contributed by atoms with Crippen molar-refractivity contribution in [2.45, 2.75) is 6.54 Å². The van der Waals surface area contributed by atoms with Gasteiger partial charge in [-0.2, -0.15) is 5.26 Å². The lowest BCUT2D eigenvalue weighted by Crippen LogP contribution is -2.05. The lowest BCUT2D eigenvalue weighted by molar-refractivity contribution is 1.11. The third-order valence-electron chi connectivity index (χ3n) is 2.46. The van der Waals surface area contributed by atoms with Gasteiger partial charge < -0.3 is 11.1 Å². The van der Waals surface area contributed by atoms with Gasteiger partial charge >= 0.3 is 0 Å². The number of pyridine rings is 1. The van der Waals surface area contributed by atoms with Crippen molar-refractivity contribution in [1.82, 2.24) is 4.98 Å². The van der Waals surface area contributed by atoms with Crippen molar-refractivity contribution in [2.24, 2.45) is 0 Å². The monoisotopic (exact) mass is 258 g/mol. The Bertz CT molecular complexity index is 604. The van der Waals surface area contributed by atoms with Crippen LogP contribution in [0, 0.1) is 11.3 Å². The first kappa shape index (κ1) is 12.2. The maximum atomic E-state index is 8.86. The van der Waals surface area contributed by atoms with Crippen molar-refractivity contribution in [3.05, 3.63) is 52.7 Å². The highest BCUT2D eigenvalue weighted by Gasteiger charge is 2.05. The van der Waals surface area contributed by atoms with Crippen LogP contribution in [-0.2, 0) is 6.54 Å². The number of aromatic nitrogens is 1. The summed E-state index contributed by atoms with van der Waals surface area (Å²) in [6.45, 7) is 0.548. The predicted octanol–water partition coefficient (Wildman–Crippen LogP) is 2.80. The third kappa shape index (κ3) is 2.70. The fraction of sp³-hybridized carbons (Fsp3) is 0.0769. The fourth-order valence-corrected chi connectivity index (χ4v) is 1.76. The molecule has 0 fully saturated rings. The van der Waals surface area contributed by atoms with E-state index in [4.69, 9.17) is 22.6 Å². The van der Waals surface area contributed by atoms with Crippen LogP contribution in [0.25, 0.3) is 0 Å². The molecule has 5 heteroatoms. The van der Waals surface area contributed by atoms with Crippen molar-refractivity contribution in [2.75, 3.05) is 11.1 Å². The zero-order chi connectivity index (χ0) is 13.0. The molecular weight excluding hydrogens is 248 g/mol. The van der Waals surface area contributed by atoms with Gasteiger partial charge in [0.05, 0.1) is 11.3 Å². The Labute approximate surface area is 110 Å². The van der Waals surface area contributed by atoms with Gasteiger partial charge in [0, 0.05) is 17.8 Å². The Morgan fingerprint density at radius 2 is 2.22 bits per heavy atom. The summed E-state index contributed by atoms with van der Waals surface area (Å²) in [4.78, 5) is 4.10. The SMILES string of the molecule is N#Cc1ccnc(NCc2cccc(Cl)c2)c1N. The summed E-state index contributed by atoms with van der Waals surface area (Å²) >= 11 is 5.89. The number of rotatable bonds is 3. The molecule has 2 rings (SSSR count). The van der Waals surface area contributed by atoms with E-state index in [0.29, 0.717) is 28.6 Å². The molecule has 0 radical (unpaired) electrons. The van der Waals surface area contributed by atoms with Gasteiger partial charge in [0.2, 0.25) is 0 Å². The number of nitriles is 1. The highest BCUT2D eigenvalue weighted by molar-refractivity contribution is 6.30. The molecule has 2 aromatic rings. The van der Waals surface area contributed by atoms with E-state index in [1.54, 1.807) is 12.3 Å². The van der Waals surface area contributed by atoms with E-state index in [1.165, 1.54) is 0 Å². The van der Waals surface area contributed by atoms with Gasteiger partial charge in [-0.15, -0.1) is 0 Å². The van der Waals surface area contributed by atoms with E-state index in [2.05, 4.69) is 10.3 Å². The number of nitrogen functional groups attached to an aromatic ring is 1. The highest BCUT2D eigenvalue weighted by atomic mass is 35.5. The summed E-state index contributed by atoms with van der Waals surface area (Å²) in [6.07, 6.45) is 1.55. The molecule has 90 valence electrons. The fourth-order valence-electron chi connectivity index (χ4n) is 1.54. The second-order valence-electron chi connectivity index (χ2n) is 3.72. The zero-order valence-corrected chi connectivity index (χ0v) is 10.3.